The number of likely N-dealkylation sites (tertiary alicyclic amines) is 1. The van der Waals surface area contributed by atoms with E-state index in [2.05, 4.69) is 24.3 Å². The van der Waals surface area contributed by atoms with Crippen LogP contribution < -0.4 is 5.56 Å². The second kappa shape index (κ2) is 7.73. The monoisotopic (exact) mass is 413 g/mol. The van der Waals surface area contributed by atoms with Crippen LogP contribution in [0.25, 0.3) is 21.8 Å². The highest BCUT2D eigenvalue weighted by molar-refractivity contribution is 6.17. The fourth-order valence-corrected chi connectivity index (χ4v) is 5.02. The van der Waals surface area contributed by atoms with E-state index < -0.39 is 0 Å². The Morgan fingerprint density at radius 2 is 1.65 bits per heavy atom. The summed E-state index contributed by atoms with van der Waals surface area (Å²) < 4.78 is 3.45. The van der Waals surface area contributed by atoms with Crippen molar-refractivity contribution in [2.75, 3.05) is 13.1 Å². The smallest absolute Gasteiger partial charge is 0.274 e. The summed E-state index contributed by atoms with van der Waals surface area (Å²) >= 11 is 0. The Balaban J connectivity index is 1.46. The van der Waals surface area contributed by atoms with Crippen LogP contribution in [0.15, 0.2) is 65.6 Å². The van der Waals surface area contributed by atoms with E-state index in [-0.39, 0.29) is 11.5 Å². The van der Waals surface area contributed by atoms with E-state index in [1.807, 2.05) is 46.8 Å². The number of aryl methyl sites for hydroxylation is 2. The Morgan fingerprint density at radius 1 is 0.968 bits per heavy atom. The lowest BCUT2D eigenvalue weighted by Crippen LogP contribution is -2.39. The molecule has 31 heavy (non-hydrogen) atoms. The first-order chi connectivity index (χ1) is 15.0. The molecule has 2 aromatic carbocycles. The molecule has 1 amide bonds. The second-order valence-corrected chi connectivity index (χ2v) is 8.68. The fourth-order valence-electron chi connectivity index (χ4n) is 5.02. The number of pyridine rings is 1. The molecule has 5 rings (SSSR count). The van der Waals surface area contributed by atoms with Gasteiger partial charge in [0.05, 0.1) is 5.56 Å². The van der Waals surface area contributed by atoms with E-state index in [1.54, 1.807) is 13.2 Å². The van der Waals surface area contributed by atoms with Gasteiger partial charge in [0.2, 0.25) is 0 Å². The van der Waals surface area contributed by atoms with E-state index in [0.717, 1.165) is 48.6 Å². The third kappa shape index (κ3) is 3.34. The highest BCUT2D eigenvalue weighted by Gasteiger charge is 2.27. The van der Waals surface area contributed by atoms with Gasteiger partial charge in [0, 0.05) is 49.7 Å². The Labute approximate surface area is 181 Å². The summed E-state index contributed by atoms with van der Waals surface area (Å²) in [5.74, 6) is 0.624. The molecule has 0 atom stereocenters. The summed E-state index contributed by atoms with van der Waals surface area (Å²) in [5.41, 5.74) is 3.47. The van der Waals surface area contributed by atoms with Crippen LogP contribution in [0.4, 0.5) is 0 Å². The maximum absolute atomic E-state index is 13.6. The van der Waals surface area contributed by atoms with Crippen molar-refractivity contribution in [2.45, 2.75) is 19.3 Å². The molecule has 0 N–H and O–H groups in total. The number of piperidine rings is 1. The number of hydrogen-bond donors (Lipinski definition) is 0. The van der Waals surface area contributed by atoms with Gasteiger partial charge in [-0.1, -0.05) is 48.5 Å². The van der Waals surface area contributed by atoms with Crippen LogP contribution in [0.2, 0.25) is 0 Å². The lowest BCUT2D eigenvalue weighted by atomic mass is 9.90. The molecule has 5 nitrogen and oxygen atoms in total. The summed E-state index contributed by atoms with van der Waals surface area (Å²) in [7, 11) is 3.62. The quantitative estimate of drug-likeness (QED) is 0.507. The maximum Gasteiger partial charge on any atom is 0.274 e. The van der Waals surface area contributed by atoms with Crippen LogP contribution in [0.1, 0.15) is 28.8 Å². The average Bonchev–Trinajstić information content (AvgIpc) is 3.10. The number of carbonyl (C=O) groups excluding carboxylic acids is 1. The second-order valence-electron chi connectivity index (χ2n) is 8.68. The van der Waals surface area contributed by atoms with Crippen molar-refractivity contribution in [1.29, 1.82) is 0 Å². The zero-order valence-corrected chi connectivity index (χ0v) is 18.0. The molecule has 3 heterocycles. The Hall–Kier alpha value is -3.34. The van der Waals surface area contributed by atoms with Crippen molar-refractivity contribution in [1.82, 2.24) is 14.0 Å². The van der Waals surface area contributed by atoms with Crippen LogP contribution in [-0.4, -0.2) is 33.0 Å². The number of amides is 1. The summed E-state index contributed by atoms with van der Waals surface area (Å²) in [6.45, 7) is 1.51. The van der Waals surface area contributed by atoms with Crippen molar-refractivity contribution >= 4 is 27.7 Å². The summed E-state index contributed by atoms with van der Waals surface area (Å²) in [4.78, 5) is 28.5. The molecule has 2 aromatic heterocycles. The highest BCUT2D eigenvalue weighted by Crippen LogP contribution is 2.30. The molecule has 1 fully saturated rings. The van der Waals surface area contributed by atoms with Gasteiger partial charge < -0.3 is 14.0 Å². The van der Waals surface area contributed by atoms with Gasteiger partial charge >= 0.3 is 0 Å². The van der Waals surface area contributed by atoms with Crippen molar-refractivity contribution in [2.24, 2.45) is 20.0 Å². The van der Waals surface area contributed by atoms with Gasteiger partial charge in [-0.2, -0.15) is 0 Å². The lowest BCUT2D eigenvalue weighted by molar-refractivity contribution is 0.0692. The molecule has 0 spiro atoms. The molecule has 0 radical (unpaired) electrons. The topological polar surface area (TPSA) is 47.2 Å². The van der Waals surface area contributed by atoms with E-state index in [9.17, 15) is 9.59 Å². The first-order valence-electron chi connectivity index (χ1n) is 10.9. The number of benzene rings is 2. The fraction of sp³-hybridized carbons (Fsp3) is 0.308. The molecule has 1 aliphatic heterocycles. The van der Waals surface area contributed by atoms with Crippen LogP contribution in [0, 0.1) is 5.92 Å². The van der Waals surface area contributed by atoms with Gasteiger partial charge in [0.1, 0.15) is 5.52 Å². The number of aromatic nitrogens is 2. The first kappa shape index (κ1) is 19.6. The molecular formula is C26H27N3O2. The van der Waals surface area contributed by atoms with Crippen molar-refractivity contribution < 1.29 is 4.79 Å². The Morgan fingerprint density at radius 3 is 2.39 bits per heavy atom. The maximum atomic E-state index is 13.6. The number of fused-ring (bicyclic) bond motifs is 3. The molecule has 1 aliphatic rings. The number of carbonyl (C=O) groups is 1. The normalized spacial score (nSPS) is 15.1. The van der Waals surface area contributed by atoms with Crippen molar-refractivity contribution in [3.8, 4) is 0 Å². The molecule has 0 bridgehead atoms. The third-order valence-corrected chi connectivity index (χ3v) is 6.72. The van der Waals surface area contributed by atoms with Crippen molar-refractivity contribution in [3.05, 3.63) is 82.3 Å². The van der Waals surface area contributed by atoms with E-state index >= 15 is 0 Å². The van der Waals surface area contributed by atoms with Gasteiger partial charge in [-0.25, -0.2) is 0 Å². The molecule has 5 heteroatoms. The largest absolute Gasteiger partial charge is 0.339 e. The van der Waals surface area contributed by atoms with Gasteiger partial charge in [-0.3, -0.25) is 9.59 Å². The summed E-state index contributed by atoms with van der Waals surface area (Å²) in [5, 5.41) is 1.73. The van der Waals surface area contributed by atoms with Gasteiger partial charge in [0.15, 0.2) is 0 Å². The number of hydrogen-bond acceptors (Lipinski definition) is 2. The highest BCUT2D eigenvalue weighted by atomic mass is 16.2. The predicted octanol–water partition coefficient (Wildman–Crippen LogP) is 4.13. The Bertz CT molecular complexity index is 1330. The zero-order chi connectivity index (χ0) is 21.5. The minimum Gasteiger partial charge on any atom is -0.339 e. The molecule has 0 aliphatic carbocycles. The average molecular weight is 414 g/mol. The van der Waals surface area contributed by atoms with E-state index in [1.165, 1.54) is 10.1 Å². The standard InChI is InChI=1S/C26H27N3O2/c1-27-17-21(23-20-10-6-7-11-22(20)28(2)24(23)26(27)31)25(30)29-14-12-19(13-15-29)16-18-8-4-3-5-9-18/h3-11,17,19H,12-16H2,1-2H3. The van der Waals surface area contributed by atoms with E-state index in [0.29, 0.717) is 17.0 Å². The minimum atomic E-state index is -0.0770. The van der Waals surface area contributed by atoms with Crippen LogP contribution in [-0.2, 0) is 20.5 Å². The van der Waals surface area contributed by atoms with E-state index in [4.69, 9.17) is 0 Å². The number of nitrogens with zero attached hydrogens (tertiary/aromatic N) is 3. The molecular weight excluding hydrogens is 386 g/mol. The third-order valence-electron chi connectivity index (χ3n) is 6.72. The first-order valence-corrected chi connectivity index (χ1v) is 10.9. The van der Waals surface area contributed by atoms with Crippen LogP contribution in [0.5, 0.6) is 0 Å². The molecule has 158 valence electrons. The minimum absolute atomic E-state index is 0.0233. The lowest BCUT2D eigenvalue weighted by Gasteiger charge is -2.32. The molecule has 0 unspecified atom stereocenters. The summed E-state index contributed by atoms with van der Waals surface area (Å²) in [6, 6.07) is 18.5. The zero-order valence-electron chi connectivity index (χ0n) is 18.0. The number of rotatable bonds is 3. The van der Waals surface area contributed by atoms with Gasteiger partial charge in [0.25, 0.3) is 11.5 Å². The molecule has 4 aromatic rings. The molecule has 1 saturated heterocycles. The Kier molecular flexibility index (Phi) is 4.89. The van der Waals surface area contributed by atoms with Crippen LogP contribution in [0.3, 0.4) is 0 Å². The van der Waals surface area contributed by atoms with Gasteiger partial charge in [-0.05, 0) is 36.8 Å². The molecule has 0 saturated carbocycles. The van der Waals surface area contributed by atoms with Crippen LogP contribution >= 0.6 is 0 Å². The number of para-hydroxylation sites is 1. The van der Waals surface area contributed by atoms with Crippen molar-refractivity contribution in [3.63, 3.8) is 0 Å². The summed E-state index contributed by atoms with van der Waals surface area (Å²) in [6.07, 6.45) is 4.79. The predicted molar refractivity (Wildman–Crippen MR) is 124 cm³/mol. The SMILES string of the molecule is Cn1cc(C(=O)N2CCC(Cc3ccccc3)CC2)c2c3ccccc3n(C)c2c1=O. The van der Waals surface area contributed by atoms with Gasteiger partial charge in [-0.15, -0.1) is 0 Å².